The molecule has 2 heteroatoms. The van der Waals surface area contributed by atoms with E-state index in [2.05, 4.69) is 66.6 Å². The lowest BCUT2D eigenvalue weighted by molar-refractivity contribution is 0.487. The molecular formula is C16H20N2. The lowest BCUT2D eigenvalue weighted by Gasteiger charge is -2.23. The average Bonchev–Trinajstić information content (AvgIpc) is 2.46. The van der Waals surface area contributed by atoms with Crippen LogP contribution >= 0.6 is 0 Å². The van der Waals surface area contributed by atoms with Gasteiger partial charge in [0.25, 0.3) is 0 Å². The summed E-state index contributed by atoms with van der Waals surface area (Å²) in [6.45, 7) is 4.42. The summed E-state index contributed by atoms with van der Waals surface area (Å²) in [5.41, 5.74) is 2.56. The lowest BCUT2D eigenvalue weighted by Crippen LogP contribution is -2.30. The normalized spacial score (nSPS) is 14.1. The van der Waals surface area contributed by atoms with Gasteiger partial charge in [0, 0.05) is 18.4 Å². The largest absolute Gasteiger partial charge is 0.304 e. The second-order valence-electron chi connectivity index (χ2n) is 4.60. The van der Waals surface area contributed by atoms with E-state index in [4.69, 9.17) is 0 Å². The Morgan fingerprint density at radius 3 is 2.22 bits per heavy atom. The molecule has 1 heterocycles. The van der Waals surface area contributed by atoms with E-state index in [0.717, 1.165) is 6.42 Å². The SMILES string of the molecule is CCC(C)NC(c1ccccc1)c1ccncc1. The molecule has 2 aromatic rings. The van der Waals surface area contributed by atoms with Gasteiger partial charge in [-0.1, -0.05) is 37.3 Å². The number of hydrogen-bond acceptors (Lipinski definition) is 2. The summed E-state index contributed by atoms with van der Waals surface area (Å²) in [7, 11) is 0. The molecule has 0 radical (unpaired) electrons. The van der Waals surface area contributed by atoms with Crippen molar-refractivity contribution in [2.75, 3.05) is 0 Å². The number of nitrogens with zero attached hydrogens (tertiary/aromatic N) is 1. The van der Waals surface area contributed by atoms with Crippen molar-refractivity contribution in [2.45, 2.75) is 32.4 Å². The number of pyridine rings is 1. The molecule has 0 aliphatic carbocycles. The highest BCUT2D eigenvalue weighted by molar-refractivity contribution is 5.30. The fourth-order valence-electron chi connectivity index (χ4n) is 1.99. The fraction of sp³-hybridized carbons (Fsp3) is 0.312. The molecule has 94 valence electrons. The summed E-state index contributed by atoms with van der Waals surface area (Å²) >= 11 is 0. The van der Waals surface area contributed by atoms with Crippen LogP contribution in [0.5, 0.6) is 0 Å². The van der Waals surface area contributed by atoms with Crippen LogP contribution in [-0.2, 0) is 0 Å². The molecule has 0 bridgehead atoms. The number of aromatic nitrogens is 1. The van der Waals surface area contributed by atoms with Crippen molar-refractivity contribution < 1.29 is 0 Å². The van der Waals surface area contributed by atoms with Crippen molar-refractivity contribution in [1.29, 1.82) is 0 Å². The predicted octanol–water partition coefficient (Wildman–Crippen LogP) is 3.56. The zero-order valence-corrected chi connectivity index (χ0v) is 11.0. The van der Waals surface area contributed by atoms with Crippen LogP contribution in [0.3, 0.4) is 0 Å². The standard InChI is InChI=1S/C16H20N2/c1-3-13(2)18-16(14-7-5-4-6-8-14)15-9-11-17-12-10-15/h4-13,16,18H,3H2,1-2H3. The van der Waals surface area contributed by atoms with E-state index in [-0.39, 0.29) is 6.04 Å². The molecular weight excluding hydrogens is 220 g/mol. The van der Waals surface area contributed by atoms with Gasteiger partial charge >= 0.3 is 0 Å². The highest BCUT2D eigenvalue weighted by Gasteiger charge is 2.15. The first-order valence-corrected chi connectivity index (χ1v) is 6.52. The van der Waals surface area contributed by atoms with Gasteiger partial charge in [-0.05, 0) is 36.6 Å². The summed E-state index contributed by atoms with van der Waals surface area (Å²) in [6.07, 6.45) is 4.82. The van der Waals surface area contributed by atoms with Crippen molar-refractivity contribution in [3.8, 4) is 0 Å². The van der Waals surface area contributed by atoms with Crippen LogP contribution in [0, 0.1) is 0 Å². The van der Waals surface area contributed by atoms with E-state index >= 15 is 0 Å². The molecule has 2 nitrogen and oxygen atoms in total. The van der Waals surface area contributed by atoms with E-state index in [1.54, 1.807) is 0 Å². The van der Waals surface area contributed by atoms with Crippen LogP contribution in [0.15, 0.2) is 54.9 Å². The third kappa shape index (κ3) is 3.17. The monoisotopic (exact) mass is 240 g/mol. The van der Waals surface area contributed by atoms with E-state index < -0.39 is 0 Å². The molecule has 0 spiro atoms. The molecule has 0 fully saturated rings. The highest BCUT2D eigenvalue weighted by Crippen LogP contribution is 2.22. The summed E-state index contributed by atoms with van der Waals surface area (Å²) in [6, 6.07) is 15.4. The van der Waals surface area contributed by atoms with Gasteiger partial charge in [-0.2, -0.15) is 0 Å². The molecule has 18 heavy (non-hydrogen) atoms. The minimum atomic E-state index is 0.240. The zero-order valence-electron chi connectivity index (χ0n) is 11.0. The van der Waals surface area contributed by atoms with E-state index in [1.165, 1.54) is 11.1 Å². The molecule has 0 aliphatic heterocycles. The number of hydrogen-bond donors (Lipinski definition) is 1. The summed E-state index contributed by atoms with van der Waals surface area (Å²) in [4.78, 5) is 4.09. The summed E-state index contributed by atoms with van der Waals surface area (Å²) in [5.74, 6) is 0. The number of nitrogens with one attached hydrogen (secondary N) is 1. The second-order valence-corrected chi connectivity index (χ2v) is 4.60. The Morgan fingerprint density at radius 1 is 1.00 bits per heavy atom. The van der Waals surface area contributed by atoms with Crippen LogP contribution in [-0.4, -0.2) is 11.0 Å². The predicted molar refractivity (Wildman–Crippen MR) is 75.4 cm³/mol. The van der Waals surface area contributed by atoms with Crippen LogP contribution in [0.4, 0.5) is 0 Å². The maximum absolute atomic E-state index is 4.09. The Labute approximate surface area is 109 Å². The molecule has 1 aromatic heterocycles. The van der Waals surface area contributed by atoms with Crippen LogP contribution in [0.25, 0.3) is 0 Å². The quantitative estimate of drug-likeness (QED) is 0.864. The van der Waals surface area contributed by atoms with Gasteiger partial charge in [-0.15, -0.1) is 0 Å². The fourth-order valence-corrected chi connectivity index (χ4v) is 1.99. The van der Waals surface area contributed by atoms with E-state index in [0.29, 0.717) is 6.04 Å². The maximum atomic E-state index is 4.09. The van der Waals surface area contributed by atoms with E-state index in [1.807, 2.05) is 12.4 Å². The maximum Gasteiger partial charge on any atom is 0.0579 e. The van der Waals surface area contributed by atoms with Crippen molar-refractivity contribution in [1.82, 2.24) is 10.3 Å². The smallest absolute Gasteiger partial charge is 0.0579 e. The van der Waals surface area contributed by atoms with Crippen molar-refractivity contribution in [2.24, 2.45) is 0 Å². The Hall–Kier alpha value is -1.67. The third-order valence-corrected chi connectivity index (χ3v) is 3.24. The van der Waals surface area contributed by atoms with Gasteiger partial charge in [-0.25, -0.2) is 0 Å². The zero-order chi connectivity index (χ0) is 12.8. The van der Waals surface area contributed by atoms with Gasteiger partial charge in [-0.3, -0.25) is 4.98 Å². The van der Waals surface area contributed by atoms with Crippen molar-refractivity contribution in [3.63, 3.8) is 0 Å². The Balaban J connectivity index is 2.29. The van der Waals surface area contributed by atoms with Gasteiger partial charge in [0.15, 0.2) is 0 Å². The second kappa shape index (κ2) is 6.31. The summed E-state index contributed by atoms with van der Waals surface area (Å²) in [5, 5.41) is 3.67. The average molecular weight is 240 g/mol. The topological polar surface area (TPSA) is 24.9 Å². The summed E-state index contributed by atoms with van der Waals surface area (Å²) < 4.78 is 0. The molecule has 0 saturated carbocycles. The molecule has 0 aliphatic rings. The van der Waals surface area contributed by atoms with Crippen LogP contribution < -0.4 is 5.32 Å². The first kappa shape index (κ1) is 12.8. The molecule has 0 amide bonds. The van der Waals surface area contributed by atoms with Gasteiger partial charge in [0.2, 0.25) is 0 Å². The minimum Gasteiger partial charge on any atom is -0.304 e. The van der Waals surface area contributed by atoms with E-state index in [9.17, 15) is 0 Å². The number of rotatable bonds is 5. The first-order valence-electron chi connectivity index (χ1n) is 6.52. The van der Waals surface area contributed by atoms with Gasteiger partial charge in [0.1, 0.15) is 0 Å². The highest BCUT2D eigenvalue weighted by atomic mass is 14.9. The van der Waals surface area contributed by atoms with Crippen LogP contribution in [0.1, 0.15) is 37.4 Å². The molecule has 2 atom stereocenters. The van der Waals surface area contributed by atoms with Crippen molar-refractivity contribution in [3.05, 3.63) is 66.0 Å². The van der Waals surface area contributed by atoms with Crippen LogP contribution in [0.2, 0.25) is 0 Å². The molecule has 1 N–H and O–H groups in total. The van der Waals surface area contributed by atoms with Gasteiger partial charge in [0.05, 0.1) is 6.04 Å². The Kier molecular flexibility index (Phi) is 4.48. The minimum absolute atomic E-state index is 0.240. The molecule has 2 unspecified atom stereocenters. The van der Waals surface area contributed by atoms with Crippen molar-refractivity contribution >= 4 is 0 Å². The number of benzene rings is 1. The third-order valence-electron chi connectivity index (χ3n) is 3.24. The molecule has 0 saturated heterocycles. The Morgan fingerprint density at radius 2 is 1.61 bits per heavy atom. The first-order chi connectivity index (χ1) is 8.81. The van der Waals surface area contributed by atoms with Gasteiger partial charge < -0.3 is 5.32 Å². The lowest BCUT2D eigenvalue weighted by atomic mass is 9.98. The molecule has 1 aromatic carbocycles. The molecule has 2 rings (SSSR count). The Bertz CT molecular complexity index is 414.